The summed E-state index contributed by atoms with van der Waals surface area (Å²) in [7, 11) is 0. The predicted molar refractivity (Wildman–Crippen MR) is 102 cm³/mol. The van der Waals surface area contributed by atoms with Crippen molar-refractivity contribution in [1.82, 2.24) is 5.01 Å². The number of hydrazine groups is 1. The molecule has 10 nitrogen and oxygen atoms in total. The number of aliphatic hydroxyl groups is 1. The van der Waals surface area contributed by atoms with Crippen molar-refractivity contribution >= 4 is 17.6 Å². The minimum atomic E-state index is -2.57. The van der Waals surface area contributed by atoms with Crippen LogP contribution in [0, 0.1) is 10.1 Å². The molecule has 0 saturated carbocycles. The van der Waals surface area contributed by atoms with Crippen LogP contribution in [0.4, 0.5) is 5.69 Å². The van der Waals surface area contributed by atoms with E-state index in [0.29, 0.717) is 5.01 Å². The number of esters is 2. The van der Waals surface area contributed by atoms with Gasteiger partial charge in [0.1, 0.15) is 5.60 Å². The van der Waals surface area contributed by atoms with Gasteiger partial charge in [-0.2, -0.15) is 0 Å². The van der Waals surface area contributed by atoms with Crippen LogP contribution in [0.5, 0.6) is 0 Å². The maximum atomic E-state index is 13.0. The van der Waals surface area contributed by atoms with E-state index in [0.717, 1.165) is 0 Å². The summed E-state index contributed by atoms with van der Waals surface area (Å²) in [6.45, 7) is 7.82. The van der Waals surface area contributed by atoms with E-state index < -0.39 is 34.1 Å². The number of nitrogens with two attached hydrogens (primary N) is 1. The molecule has 0 saturated heterocycles. The number of rotatable bonds is 5. The number of allylic oxidation sites excluding steroid dienone is 1. The number of para-hydroxylation sites is 1. The second kappa shape index (κ2) is 7.80. The van der Waals surface area contributed by atoms with E-state index in [9.17, 15) is 24.8 Å². The standard InChI is InChI=1S/C19H25N3O7/c1-6-28-17(24)19(25)15(12-9-7-8-10-13(12)22(26)27)14(11(2)21(19)20)16(23)29-18(3,4)5/h7-10,15,25H,6,20H2,1-5H3/t15-,19-/m1/s1. The Hall–Kier alpha value is -2.98. The number of nitro groups is 1. The fourth-order valence-corrected chi connectivity index (χ4v) is 3.26. The Labute approximate surface area is 168 Å². The number of nitro benzene ring substituents is 1. The van der Waals surface area contributed by atoms with E-state index in [1.165, 1.54) is 38.1 Å². The molecule has 1 aliphatic rings. The summed E-state index contributed by atoms with van der Waals surface area (Å²) < 4.78 is 10.4. The highest BCUT2D eigenvalue weighted by atomic mass is 16.6. The largest absolute Gasteiger partial charge is 0.462 e. The fourth-order valence-electron chi connectivity index (χ4n) is 3.26. The summed E-state index contributed by atoms with van der Waals surface area (Å²) in [5.74, 6) is 2.50. The van der Waals surface area contributed by atoms with Crippen molar-refractivity contribution < 1.29 is 29.1 Å². The van der Waals surface area contributed by atoms with Crippen LogP contribution in [-0.4, -0.2) is 44.9 Å². The molecule has 1 aliphatic heterocycles. The highest BCUT2D eigenvalue weighted by molar-refractivity contribution is 5.96. The maximum absolute atomic E-state index is 13.0. The van der Waals surface area contributed by atoms with Crippen LogP contribution in [0.15, 0.2) is 35.5 Å². The molecule has 3 N–H and O–H groups in total. The summed E-state index contributed by atoms with van der Waals surface area (Å²) in [6, 6.07) is 5.49. The van der Waals surface area contributed by atoms with Crippen molar-refractivity contribution in [3.05, 3.63) is 51.2 Å². The molecular weight excluding hydrogens is 382 g/mol. The first-order chi connectivity index (χ1) is 13.4. The van der Waals surface area contributed by atoms with Gasteiger partial charge in [0, 0.05) is 17.3 Å². The fraction of sp³-hybridized carbons (Fsp3) is 0.474. The van der Waals surface area contributed by atoms with E-state index >= 15 is 0 Å². The zero-order valence-corrected chi connectivity index (χ0v) is 17.0. The first kappa shape index (κ1) is 22.3. The molecule has 2 atom stereocenters. The lowest BCUT2D eigenvalue weighted by atomic mass is 9.83. The van der Waals surface area contributed by atoms with Crippen LogP contribution in [0.1, 0.15) is 46.1 Å². The molecule has 0 aliphatic carbocycles. The lowest BCUT2D eigenvalue weighted by molar-refractivity contribution is -0.385. The summed E-state index contributed by atoms with van der Waals surface area (Å²) >= 11 is 0. The zero-order valence-electron chi connectivity index (χ0n) is 17.0. The Morgan fingerprint density at radius 2 is 1.93 bits per heavy atom. The van der Waals surface area contributed by atoms with Gasteiger partial charge < -0.3 is 14.6 Å². The lowest BCUT2D eigenvalue weighted by Gasteiger charge is -2.34. The SMILES string of the molecule is CCOC(=O)[C@]1(O)[C@H](c2ccccc2[N+](=O)[O-])C(C(=O)OC(C)(C)C)=C(C)N1N. The Morgan fingerprint density at radius 1 is 1.34 bits per heavy atom. The number of hydrogen-bond donors (Lipinski definition) is 2. The van der Waals surface area contributed by atoms with Gasteiger partial charge in [0.15, 0.2) is 0 Å². The Balaban J connectivity index is 2.77. The third-order valence-electron chi connectivity index (χ3n) is 4.45. The highest BCUT2D eigenvalue weighted by Gasteiger charge is 2.61. The topological polar surface area (TPSA) is 145 Å². The molecule has 0 spiro atoms. The summed E-state index contributed by atoms with van der Waals surface area (Å²) in [5.41, 5.74) is -4.03. The Bertz CT molecular complexity index is 875. The smallest absolute Gasteiger partial charge is 0.362 e. The molecule has 0 radical (unpaired) electrons. The van der Waals surface area contributed by atoms with Gasteiger partial charge in [-0.15, -0.1) is 0 Å². The average molecular weight is 407 g/mol. The molecule has 2 rings (SSSR count). The van der Waals surface area contributed by atoms with Gasteiger partial charge in [0.05, 0.1) is 23.0 Å². The van der Waals surface area contributed by atoms with Crippen molar-refractivity contribution in [3.63, 3.8) is 0 Å². The quantitative estimate of drug-likeness (QED) is 0.322. The molecule has 0 amide bonds. The van der Waals surface area contributed by atoms with Crippen LogP contribution in [0.3, 0.4) is 0 Å². The molecular formula is C19H25N3O7. The molecule has 1 heterocycles. The van der Waals surface area contributed by atoms with Crippen molar-refractivity contribution in [2.24, 2.45) is 5.84 Å². The van der Waals surface area contributed by atoms with E-state index in [1.54, 1.807) is 20.8 Å². The maximum Gasteiger partial charge on any atom is 0.362 e. The molecule has 10 heteroatoms. The summed E-state index contributed by atoms with van der Waals surface area (Å²) in [6.07, 6.45) is 0. The molecule has 1 aromatic carbocycles. The predicted octanol–water partition coefficient (Wildman–Crippen LogP) is 1.74. The number of nitrogens with zero attached hydrogens (tertiary/aromatic N) is 2. The second-order valence-corrected chi connectivity index (χ2v) is 7.57. The van der Waals surface area contributed by atoms with Gasteiger partial charge in [-0.05, 0) is 34.6 Å². The monoisotopic (exact) mass is 407 g/mol. The van der Waals surface area contributed by atoms with Gasteiger partial charge in [0.2, 0.25) is 0 Å². The molecule has 0 aromatic heterocycles. The number of carbonyl (C=O) groups excluding carboxylic acids is 2. The average Bonchev–Trinajstić information content (AvgIpc) is 2.82. The minimum absolute atomic E-state index is 0.0398. The Kier molecular flexibility index (Phi) is 6.00. The van der Waals surface area contributed by atoms with Crippen LogP contribution in [0.25, 0.3) is 0 Å². The second-order valence-electron chi connectivity index (χ2n) is 7.57. The molecule has 29 heavy (non-hydrogen) atoms. The van der Waals surface area contributed by atoms with Crippen molar-refractivity contribution in [1.29, 1.82) is 0 Å². The molecule has 0 unspecified atom stereocenters. The van der Waals surface area contributed by atoms with Gasteiger partial charge in [-0.1, -0.05) is 18.2 Å². The minimum Gasteiger partial charge on any atom is -0.462 e. The van der Waals surface area contributed by atoms with Crippen molar-refractivity contribution in [2.45, 2.75) is 51.9 Å². The first-order valence-corrected chi connectivity index (χ1v) is 8.98. The van der Waals surface area contributed by atoms with Gasteiger partial charge in [-0.25, -0.2) is 15.4 Å². The van der Waals surface area contributed by atoms with Crippen LogP contribution in [0.2, 0.25) is 0 Å². The molecule has 1 aromatic rings. The van der Waals surface area contributed by atoms with E-state index in [-0.39, 0.29) is 29.1 Å². The normalized spacial score (nSPS) is 21.9. The van der Waals surface area contributed by atoms with Crippen LogP contribution < -0.4 is 5.84 Å². The zero-order chi connectivity index (χ0) is 22.1. The first-order valence-electron chi connectivity index (χ1n) is 8.98. The third-order valence-corrected chi connectivity index (χ3v) is 4.45. The number of benzene rings is 1. The molecule has 0 bridgehead atoms. The van der Waals surface area contributed by atoms with Gasteiger partial charge in [0.25, 0.3) is 11.4 Å². The van der Waals surface area contributed by atoms with E-state index in [4.69, 9.17) is 15.3 Å². The van der Waals surface area contributed by atoms with Crippen molar-refractivity contribution in [2.75, 3.05) is 6.61 Å². The van der Waals surface area contributed by atoms with E-state index in [1.807, 2.05) is 0 Å². The third kappa shape index (κ3) is 3.94. The van der Waals surface area contributed by atoms with Gasteiger partial charge in [-0.3, -0.25) is 15.1 Å². The van der Waals surface area contributed by atoms with Crippen molar-refractivity contribution in [3.8, 4) is 0 Å². The highest BCUT2D eigenvalue weighted by Crippen LogP contribution is 2.49. The lowest BCUT2D eigenvalue weighted by Crippen LogP contribution is -2.58. The molecule has 158 valence electrons. The number of carbonyl (C=O) groups is 2. The van der Waals surface area contributed by atoms with Crippen LogP contribution in [-0.2, 0) is 19.1 Å². The Morgan fingerprint density at radius 3 is 2.45 bits per heavy atom. The molecule has 0 fully saturated rings. The summed E-state index contributed by atoms with van der Waals surface area (Å²) in [5, 5.41) is 23.6. The van der Waals surface area contributed by atoms with Crippen LogP contribution >= 0.6 is 0 Å². The summed E-state index contributed by atoms with van der Waals surface area (Å²) in [4.78, 5) is 36.6. The van der Waals surface area contributed by atoms with Gasteiger partial charge >= 0.3 is 11.9 Å². The number of ether oxygens (including phenoxy) is 2. The van der Waals surface area contributed by atoms with E-state index in [2.05, 4.69) is 0 Å². The number of hydrogen-bond acceptors (Lipinski definition) is 9.